The summed E-state index contributed by atoms with van der Waals surface area (Å²) in [6.07, 6.45) is 2.82. The number of nitrogens with zero attached hydrogens (tertiary/aromatic N) is 1. The molecule has 1 saturated heterocycles. The number of halogens is 1. The summed E-state index contributed by atoms with van der Waals surface area (Å²) in [6, 6.07) is 9.60. The number of piperazine rings is 1. The van der Waals surface area contributed by atoms with Crippen molar-refractivity contribution in [2.75, 3.05) is 13.1 Å². The van der Waals surface area contributed by atoms with Crippen LogP contribution in [0.2, 0.25) is 5.02 Å². The molecule has 2 unspecified atom stereocenters. The Balaban J connectivity index is 1.71. The van der Waals surface area contributed by atoms with Crippen LogP contribution in [0.1, 0.15) is 25.3 Å². The smallest absolute Gasteiger partial charge is 0.0409 e. The summed E-state index contributed by atoms with van der Waals surface area (Å²) in [5.41, 5.74) is 1.34. The summed E-state index contributed by atoms with van der Waals surface area (Å²) < 4.78 is 0. The van der Waals surface area contributed by atoms with Gasteiger partial charge in [0.25, 0.3) is 0 Å². The lowest BCUT2D eigenvalue weighted by molar-refractivity contribution is 0.112. The highest BCUT2D eigenvalue weighted by atomic mass is 35.5. The van der Waals surface area contributed by atoms with Crippen LogP contribution in [0.5, 0.6) is 0 Å². The molecule has 2 nitrogen and oxygen atoms in total. The minimum Gasteiger partial charge on any atom is -0.311 e. The van der Waals surface area contributed by atoms with Crippen molar-refractivity contribution in [2.45, 2.75) is 38.4 Å². The van der Waals surface area contributed by atoms with Crippen molar-refractivity contribution >= 4 is 11.6 Å². The Kier molecular flexibility index (Phi) is 3.60. The van der Waals surface area contributed by atoms with Crippen molar-refractivity contribution in [2.24, 2.45) is 5.92 Å². The highest BCUT2D eigenvalue weighted by molar-refractivity contribution is 6.30. The Morgan fingerprint density at radius 2 is 2.22 bits per heavy atom. The summed E-state index contributed by atoms with van der Waals surface area (Å²) in [5, 5.41) is 4.46. The van der Waals surface area contributed by atoms with E-state index in [-0.39, 0.29) is 0 Å². The first kappa shape index (κ1) is 12.5. The van der Waals surface area contributed by atoms with Gasteiger partial charge >= 0.3 is 0 Å². The van der Waals surface area contributed by atoms with Crippen LogP contribution >= 0.6 is 11.6 Å². The maximum atomic E-state index is 6.07. The molecular weight excluding hydrogens is 244 g/mol. The molecule has 3 rings (SSSR count). The number of hydrogen-bond acceptors (Lipinski definition) is 2. The second kappa shape index (κ2) is 5.20. The molecule has 98 valence electrons. The molecule has 2 atom stereocenters. The third kappa shape index (κ3) is 2.87. The first-order valence-electron chi connectivity index (χ1n) is 6.94. The Hall–Kier alpha value is -0.570. The van der Waals surface area contributed by atoms with E-state index in [0.717, 1.165) is 36.6 Å². The summed E-state index contributed by atoms with van der Waals surface area (Å²) in [7, 11) is 0. The van der Waals surface area contributed by atoms with E-state index in [1.54, 1.807) is 0 Å². The van der Waals surface area contributed by atoms with Gasteiger partial charge in [-0.05, 0) is 43.4 Å². The minimum absolute atomic E-state index is 0.596. The molecule has 1 N–H and O–H groups in total. The molecule has 1 aliphatic carbocycles. The van der Waals surface area contributed by atoms with Gasteiger partial charge in [-0.3, -0.25) is 4.90 Å². The second-order valence-corrected chi connectivity index (χ2v) is 6.21. The summed E-state index contributed by atoms with van der Waals surface area (Å²) in [5.74, 6) is 0.921. The molecule has 18 heavy (non-hydrogen) atoms. The van der Waals surface area contributed by atoms with Gasteiger partial charge in [-0.15, -0.1) is 0 Å². The van der Waals surface area contributed by atoms with Crippen molar-refractivity contribution in [3.05, 3.63) is 34.9 Å². The van der Waals surface area contributed by atoms with Crippen LogP contribution in [-0.4, -0.2) is 30.1 Å². The highest BCUT2D eigenvalue weighted by Crippen LogP contribution is 2.36. The van der Waals surface area contributed by atoms with Crippen molar-refractivity contribution in [1.82, 2.24) is 10.2 Å². The van der Waals surface area contributed by atoms with Gasteiger partial charge in [-0.1, -0.05) is 23.7 Å². The van der Waals surface area contributed by atoms with Crippen molar-refractivity contribution in [3.8, 4) is 0 Å². The van der Waals surface area contributed by atoms with E-state index in [1.165, 1.54) is 18.4 Å². The second-order valence-electron chi connectivity index (χ2n) is 5.77. The molecule has 0 aromatic heterocycles. The number of benzene rings is 1. The van der Waals surface area contributed by atoms with E-state index in [1.807, 2.05) is 6.07 Å². The number of hydrogen-bond donors (Lipinski definition) is 1. The molecule has 0 bridgehead atoms. The zero-order valence-electron chi connectivity index (χ0n) is 10.9. The van der Waals surface area contributed by atoms with E-state index in [2.05, 4.69) is 35.3 Å². The monoisotopic (exact) mass is 264 g/mol. The molecule has 1 heterocycles. The molecular formula is C15H21ClN2. The van der Waals surface area contributed by atoms with Crippen LogP contribution in [0.4, 0.5) is 0 Å². The molecule has 1 aromatic rings. The lowest BCUT2D eigenvalue weighted by Gasteiger charge is -2.39. The SMILES string of the molecule is CC1CN(Cc2cccc(Cl)c2)C(C2CC2)CN1. The average Bonchev–Trinajstić information content (AvgIpc) is 3.13. The van der Waals surface area contributed by atoms with Gasteiger partial charge in [0.05, 0.1) is 0 Å². The summed E-state index contributed by atoms with van der Waals surface area (Å²) >= 11 is 6.07. The van der Waals surface area contributed by atoms with Crippen molar-refractivity contribution < 1.29 is 0 Å². The maximum absolute atomic E-state index is 6.07. The average molecular weight is 265 g/mol. The van der Waals surface area contributed by atoms with E-state index in [0.29, 0.717) is 6.04 Å². The van der Waals surface area contributed by atoms with Gasteiger partial charge in [-0.2, -0.15) is 0 Å². The largest absolute Gasteiger partial charge is 0.311 e. The predicted octanol–water partition coefficient (Wildman–Crippen LogP) is 2.91. The van der Waals surface area contributed by atoms with Gasteiger partial charge in [0.1, 0.15) is 0 Å². The summed E-state index contributed by atoms with van der Waals surface area (Å²) in [6.45, 7) is 5.60. The third-order valence-corrected chi connectivity index (χ3v) is 4.33. The maximum Gasteiger partial charge on any atom is 0.0409 e. The van der Waals surface area contributed by atoms with E-state index in [9.17, 15) is 0 Å². The van der Waals surface area contributed by atoms with E-state index < -0.39 is 0 Å². The Morgan fingerprint density at radius 1 is 1.39 bits per heavy atom. The molecule has 0 radical (unpaired) electrons. The molecule has 1 aromatic carbocycles. The minimum atomic E-state index is 0.596. The molecule has 3 heteroatoms. The first-order chi connectivity index (χ1) is 8.72. The van der Waals surface area contributed by atoms with Gasteiger partial charge in [0, 0.05) is 36.7 Å². The van der Waals surface area contributed by atoms with Crippen LogP contribution in [0.25, 0.3) is 0 Å². The van der Waals surface area contributed by atoms with E-state index in [4.69, 9.17) is 11.6 Å². The number of rotatable bonds is 3. The Labute approximate surface area is 114 Å². The molecule has 0 spiro atoms. The van der Waals surface area contributed by atoms with Crippen LogP contribution in [0.3, 0.4) is 0 Å². The first-order valence-corrected chi connectivity index (χ1v) is 7.32. The van der Waals surface area contributed by atoms with Crippen LogP contribution in [0, 0.1) is 5.92 Å². The van der Waals surface area contributed by atoms with Crippen molar-refractivity contribution in [1.29, 1.82) is 0 Å². The molecule has 1 saturated carbocycles. The lowest BCUT2D eigenvalue weighted by atomic mass is 10.0. The number of nitrogens with one attached hydrogen (secondary N) is 1. The summed E-state index contributed by atoms with van der Waals surface area (Å²) in [4.78, 5) is 2.64. The van der Waals surface area contributed by atoms with Gasteiger partial charge in [-0.25, -0.2) is 0 Å². The molecule has 2 aliphatic rings. The molecule has 0 amide bonds. The Bertz CT molecular complexity index is 417. The zero-order valence-corrected chi connectivity index (χ0v) is 11.7. The fourth-order valence-corrected chi connectivity index (χ4v) is 3.21. The zero-order chi connectivity index (χ0) is 12.5. The normalized spacial score (nSPS) is 29.4. The fourth-order valence-electron chi connectivity index (χ4n) is 3.00. The van der Waals surface area contributed by atoms with E-state index >= 15 is 0 Å². The van der Waals surface area contributed by atoms with Crippen molar-refractivity contribution in [3.63, 3.8) is 0 Å². The van der Waals surface area contributed by atoms with Gasteiger partial charge in [0.15, 0.2) is 0 Å². The standard InChI is InChI=1S/C15H21ClN2/c1-11-9-18(15(8-17-11)13-5-6-13)10-12-3-2-4-14(16)7-12/h2-4,7,11,13,15,17H,5-6,8-10H2,1H3. The van der Waals surface area contributed by atoms with Gasteiger partial charge < -0.3 is 5.32 Å². The third-order valence-electron chi connectivity index (χ3n) is 4.09. The fraction of sp³-hybridized carbons (Fsp3) is 0.600. The Morgan fingerprint density at radius 3 is 2.94 bits per heavy atom. The van der Waals surface area contributed by atoms with Crippen LogP contribution in [-0.2, 0) is 6.54 Å². The highest BCUT2D eigenvalue weighted by Gasteiger charge is 2.37. The lowest BCUT2D eigenvalue weighted by Crippen LogP contribution is -2.55. The quantitative estimate of drug-likeness (QED) is 0.903. The van der Waals surface area contributed by atoms with Crippen LogP contribution < -0.4 is 5.32 Å². The molecule has 1 aliphatic heterocycles. The predicted molar refractivity (Wildman–Crippen MR) is 75.8 cm³/mol. The van der Waals surface area contributed by atoms with Gasteiger partial charge in [0.2, 0.25) is 0 Å². The molecule has 2 fully saturated rings. The topological polar surface area (TPSA) is 15.3 Å². The van der Waals surface area contributed by atoms with Crippen LogP contribution in [0.15, 0.2) is 24.3 Å².